The standard InChI is InChI=1S/C14H15Cl2NO3/c1-8(9-4-5-10(15)11(16)7-9)13(18)17-6-2-3-12(17)14(19)20/h4-5,7-8,12H,2-3,6H2,1H3,(H,19,20)/t8?,12-/m0/s1. The molecule has 1 N–H and O–H groups in total. The number of aliphatic carboxylic acids is 1. The Bertz CT molecular complexity index is 547. The molecule has 2 atom stereocenters. The zero-order chi connectivity index (χ0) is 14.9. The number of carboxylic acid groups (broad SMARTS) is 1. The third kappa shape index (κ3) is 2.91. The summed E-state index contributed by atoms with van der Waals surface area (Å²) in [5.41, 5.74) is 0.737. The number of carbonyl (C=O) groups is 2. The summed E-state index contributed by atoms with van der Waals surface area (Å²) < 4.78 is 0. The maximum Gasteiger partial charge on any atom is 0.326 e. The molecule has 1 aliphatic heterocycles. The SMILES string of the molecule is CC(C(=O)N1CCC[C@H]1C(=O)O)c1ccc(Cl)c(Cl)c1. The summed E-state index contributed by atoms with van der Waals surface area (Å²) >= 11 is 11.8. The molecule has 1 saturated heterocycles. The normalized spacial score (nSPS) is 19.9. The number of likely N-dealkylation sites (tertiary alicyclic amines) is 1. The quantitative estimate of drug-likeness (QED) is 0.932. The lowest BCUT2D eigenvalue weighted by molar-refractivity contribution is -0.148. The minimum atomic E-state index is -0.947. The zero-order valence-electron chi connectivity index (χ0n) is 11.0. The predicted octanol–water partition coefficient (Wildman–Crippen LogP) is 3.17. The highest BCUT2D eigenvalue weighted by molar-refractivity contribution is 6.42. The van der Waals surface area contributed by atoms with Crippen LogP contribution in [0.5, 0.6) is 0 Å². The summed E-state index contributed by atoms with van der Waals surface area (Å²) in [5, 5.41) is 9.95. The number of benzene rings is 1. The Morgan fingerprint density at radius 3 is 2.65 bits per heavy atom. The molecular formula is C14H15Cl2NO3. The third-order valence-corrected chi connectivity index (χ3v) is 4.37. The number of rotatable bonds is 3. The molecule has 0 aliphatic carbocycles. The minimum Gasteiger partial charge on any atom is -0.480 e. The van der Waals surface area contributed by atoms with Gasteiger partial charge < -0.3 is 10.0 Å². The lowest BCUT2D eigenvalue weighted by atomic mass is 9.99. The van der Waals surface area contributed by atoms with Crippen LogP contribution in [0, 0.1) is 0 Å². The maximum atomic E-state index is 12.4. The first-order valence-corrected chi connectivity index (χ1v) is 7.15. The number of hydrogen-bond acceptors (Lipinski definition) is 2. The van der Waals surface area contributed by atoms with Gasteiger partial charge in [0.15, 0.2) is 0 Å². The molecule has 0 bridgehead atoms. The monoisotopic (exact) mass is 315 g/mol. The average Bonchev–Trinajstić information content (AvgIpc) is 2.89. The van der Waals surface area contributed by atoms with Crippen LogP contribution < -0.4 is 0 Å². The zero-order valence-corrected chi connectivity index (χ0v) is 12.5. The van der Waals surface area contributed by atoms with Crippen molar-refractivity contribution >= 4 is 35.1 Å². The van der Waals surface area contributed by atoms with E-state index in [1.54, 1.807) is 25.1 Å². The van der Waals surface area contributed by atoms with Gasteiger partial charge in [-0.2, -0.15) is 0 Å². The van der Waals surface area contributed by atoms with Gasteiger partial charge in [-0.3, -0.25) is 4.79 Å². The minimum absolute atomic E-state index is 0.187. The molecule has 0 radical (unpaired) electrons. The number of amides is 1. The van der Waals surface area contributed by atoms with Gasteiger partial charge in [-0.1, -0.05) is 29.3 Å². The molecule has 1 aromatic rings. The Labute approximate surface area is 127 Å². The van der Waals surface area contributed by atoms with Crippen LogP contribution in [0.4, 0.5) is 0 Å². The van der Waals surface area contributed by atoms with Crippen molar-refractivity contribution in [2.75, 3.05) is 6.54 Å². The maximum absolute atomic E-state index is 12.4. The molecule has 0 saturated carbocycles. The highest BCUT2D eigenvalue weighted by atomic mass is 35.5. The molecule has 4 nitrogen and oxygen atoms in total. The van der Waals surface area contributed by atoms with Gasteiger partial charge in [0.2, 0.25) is 5.91 Å². The van der Waals surface area contributed by atoms with E-state index in [2.05, 4.69) is 0 Å². The van der Waals surface area contributed by atoms with Crippen LogP contribution in [0.1, 0.15) is 31.2 Å². The summed E-state index contributed by atoms with van der Waals surface area (Å²) in [7, 11) is 0. The van der Waals surface area contributed by atoms with Crippen LogP contribution in [0.2, 0.25) is 10.0 Å². The van der Waals surface area contributed by atoms with Crippen molar-refractivity contribution in [3.05, 3.63) is 33.8 Å². The van der Waals surface area contributed by atoms with Crippen LogP contribution in [0.3, 0.4) is 0 Å². The second-order valence-corrected chi connectivity index (χ2v) is 5.74. The van der Waals surface area contributed by atoms with E-state index in [4.69, 9.17) is 28.3 Å². The van der Waals surface area contributed by atoms with E-state index in [9.17, 15) is 9.59 Å². The summed E-state index contributed by atoms with van der Waals surface area (Å²) in [4.78, 5) is 25.0. The van der Waals surface area contributed by atoms with Crippen molar-refractivity contribution in [2.45, 2.75) is 31.7 Å². The molecule has 108 valence electrons. The lowest BCUT2D eigenvalue weighted by Crippen LogP contribution is -2.42. The van der Waals surface area contributed by atoms with Crippen molar-refractivity contribution in [1.29, 1.82) is 0 Å². The fourth-order valence-corrected chi connectivity index (χ4v) is 2.77. The predicted molar refractivity (Wildman–Crippen MR) is 77.2 cm³/mol. The summed E-state index contributed by atoms with van der Waals surface area (Å²) in [5.74, 6) is -1.57. The molecule has 1 heterocycles. The second-order valence-electron chi connectivity index (χ2n) is 4.92. The van der Waals surface area contributed by atoms with Crippen LogP contribution in [-0.2, 0) is 9.59 Å². The van der Waals surface area contributed by atoms with Gasteiger partial charge in [0.1, 0.15) is 6.04 Å². The van der Waals surface area contributed by atoms with E-state index in [1.165, 1.54) is 4.90 Å². The van der Waals surface area contributed by atoms with Crippen molar-refractivity contribution in [3.63, 3.8) is 0 Å². The Balaban J connectivity index is 2.19. The van der Waals surface area contributed by atoms with E-state index >= 15 is 0 Å². The van der Waals surface area contributed by atoms with Crippen LogP contribution in [-0.4, -0.2) is 34.5 Å². The van der Waals surface area contributed by atoms with Crippen LogP contribution in [0.25, 0.3) is 0 Å². The number of hydrogen-bond donors (Lipinski definition) is 1. The first-order valence-electron chi connectivity index (χ1n) is 6.40. The first kappa shape index (κ1) is 15.1. The largest absolute Gasteiger partial charge is 0.480 e. The van der Waals surface area contributed by atoms with Gasteiger partial charge in [0.05, 0.1) is 16.0 Å². The second kappa shape index (κ2) is 6.02. The van der Waals surface area contributed by atoms with E-state index in [1.807, 2.05) is 0 Å². The summed E-state index contributed by atoms with van der Waals surface area (Å²) in [6.45, 7) is 2.24. The molecule has 1 aromatic carbocycles. The van der Waals surface area contributed by atoms with E-state index in [-0.39, 0.29) is 5.91 Å². The van der Waals surface area contributed by atoms with E-state index in [0.29, 0.717) is 23.0 Å². The smallest absolute Gasteiger partial charge is 0.326 e. The van der Waals surface area contributed by atoms with Gasteiger partial charge in [-0.05, 0) is 37.5 Å². The molecular weight excluding hydrogens is 301 g/mol. The highest BCUT2D eigenvalue weighted by Crippen LogP contribution is 2.29. The molecule has 1 aliphatic rings. The number of carbonyl (C=O) groups excluding carboxylic acids is 1. The van der Waals surface area contributed by atoms with Gasteiger partial charge in [0.25, 0.3) is 0 Å². The Morgan fingerprint density at radius 1 is 1.35 bits per heavy atom. The topological polar surface area (TPSA) is 57.6 Å². The van der Waals surface area contributed by atoms with Gasteiger partial charge in [-0.15, -0.1) is 0 Å². The van der Waals surface area contributed by atoms with E-state index in [0.717, 1.165) is 12.0 Å². The van der Waals surface area contributed by atoms with Gasteiger partial charge in [0, 0.05) is 6.54 Å². The third-order valence-electron chi connectivity index (χ3n) is 3.64. The van der Waals surface area contributed by atoms with Crippen molar-refractivity contribution in [2.24, 2.45) is 0 Å². The van der Waals surface area contributed by atoms with Gasteiger partial charge in [-0.25, -0.2) is 4.79 Å². The highest BCUT2D eigenvalue weighted by Gasteiger charge is 2.36. The van der Waals surface area contributed by atoms with Crippen LogP contribution in [0.15, 0.2) is 18.2 Å². The fourth-order valence-electron chi connectivity index (χ4n) is 2.46. The summed E-state index contributed by atoms with van der Waals surface area (Å²) in [6.07, 6.45) is 1.23. The molecule has 6 heteroatoms. The fraction of sp³-hybridized carbons (Fsp3) is 0.429. The van der Waals surface area contributed by atoms with Crippen molar-refractivity contribution in [3.8, 4) is 0 Å². The molecule has 0 spiro atoms. The first-order chi connectivity index (χ1) is 9.41. The lowest BCUT2D eigenvalue weighted by Gasteiger charge is -2.25. The summed E-state index contributed by atoms with van der Waals surface area (Å²) in [6, 6.07) is 4.32. The average molecular weight is 316 g/mol. The molecule has 0 aromatic heterocycles. The Morgan fingerprint density at radius 2 is 2.05 bits per heavy atom. The Hall–Kier alpha value is -1.26. The number of nitrogens with zero attached hydrogens (tertiary/aromatic N) is 1. The Kier molecular flexibility index (Phi) is 4.55. The molecule has 20 heavy (non-hydrogen) atoms. The molecule has 1 fully saturated rings. The van der Waals surface area contributed by atoms with Crippen molar-refractivity contribution in [1.82, 2.24) is 4.90 Å². The van der Waals surface area contributed by atoms with E-state index < -0.39 is 17.9 Å². The number of carboxylic acids is 1. The molecule has 2 rings (SSSR count). The molecule has 1 unspecified atom stereocenters. The van der Waals surface area contributed by atoms with Crippen LogP contribution >= 0.6 is 23.2 Å². The number of halogens is 2. The molecule has 1 amide bonds. The van der Waals surface area contributed by atoms with Crippen molar-refractivity contribution < 1.29 is 14.7 Å². The van der Waals surface area contributed by atoms with Gasteiger partial charge >= 0.3 is 5.97 Å².